The van der Waals surface area contributed by atoms with Crippen LogP contribution in [-0.2, 0) is 6.42 Å². The first kappa shape index (κ1) is 18.4. The van der Waals surface area contributed by atoms with Gasteiger partial charge in [-0.25, -0.2) is 4.39 Å². The number of hydrogen-bond donors (Lipinski definition) is 3. The van der Waals surface area contributed by atoms with Crippen LogP contribution < -0.4 is 0 Å². The second-order valence-corrected chi connectivity index (χ2v) is 8.26. The van der Waals surface area contributed by atoms with E-state index >= 15 is 0 Å². The van der Waals surface area contributed by atoms with Gasteiger partial charge in [0.05, 0.1) is 11.7 Å². The Kier molecular flexibility index (Phi) is 4.93. The minimum absolute atomic E-state index is 0.403. The third-order valence-electron chi connectivity index (χ3n) is 6.10. The molecule has 2 aliphatic rings. The van der Waals surface area contributed by atoms with Crippen LogP contribution in [0.1, 0.15) is 30.1 Å². The van der Waals surface area contributed by atoms with Crippen LogP contribution >= 0.6 is 0 Å². The first-order chi connectivity index (χ1) is 12.9. The lowest BCUT2D eigenvalue weighted by molar-refractivity contribution is 0.0328. The third-order valence-corrected chi connectivity index (χ3v) is 6.10. The maximum atomic E-state index is 13.5. The summed E-state index contributed by atoms with van der Waals surface area (Å²) in [5.41, 5.74) is 1.01. The van der Waals surface area contributed by atoms with E-state index in [1.54, 1.807) is 6.07 Å². The molecule has 1 aliphatic heterocycles. The second kappa shape index (κ2) is 7.23. The average Bonchev–Trinajstić information content (AvgIpc) is 3.11. The van der Waals surface area contributed by atoms with Gasteiger partial charge in [-0.1, -0.05) is 36.4 Å². The molecule has 0 spiro atoms. The average molecular weight is 371 g/mol. The molecule has 27 heavy (non-hydrogen) atoms. The van der Waals surface area contributed by atoms with Crippen molar-refractivity contribution in [1.82, 2.24) is 4.90 Å². The molecular weight excluding hydrogens is 345 g/mol. The molecule has 2 unspecified atom stereocenters. The van der Waals surface area contributed by atoms with E-state index in [-0.39, 0.29) is 0 Å². The fourth-order valence-corrected chi connectivity index (χ4v) is 4.91. The molecule has 0 bridgehead atoms. The van der Waals surface area contributed by atoms with Gasteiger partial charge >= 0.3 is 0 Å². The molecule has 1 saturated carbocycles. The van der Waals surface area contributed by atoms with Gasteiger partial charge < -0.3 is 15.3 Å². The summed E-state index contributed by atoms with van der Waals surface area (Å²) >= 11 is 0. The summed E-state index contributed by atoms with van der Waals surface area (Å²) in [6, 6.07) is 14.1. The van der Waals surface area contributed by atoms with Crippen LogP contribution in [0.3, 0.4) is 0 Å². The monoisotopic (exact) mass is 371 g/mol. The van der Waals surface area contributed by atoms with Gasteiger partial charge in [0.2, 0.25) is 0 Å². The standard InChI is InChI=1S/C22H26FNO3/c23-19-8-16(6-7-20(19)25)21(26)14-24-12-17-10-22(27,11-18(17)13-24)9-15-4-2-1-3-5-15/h1-8,17-18,21,25-27H,9-14H2/t17?,18?,21-,22?/m1/s1. The normalized spacial score (nSPS) is 29.0. The number of phenols is 1. The summed E-state index contributed by atoms with van der Waals surface area (Å²) in [6.07, 6.45) is 1.47. The Morgan fingerprint density at radius 1 is 1.07 bits per heavy atom. The zero-order chi connectivity index (χ0) is 19.0. The molecule has 3 N–H and O–H groups in total. The zero-order valence-electron chi connectivity index (χ0n) is 15.3. The molecule has 0 amide bonds. The summed E-state index contributed by atoms with van der Waals surface area (Å²) < 4.78 is 13.5. The molecule has 5 heteroatoms. The van der Waals surface area contributed by atoms with E-state index in [4.69, 9.17) is 0 Å². The number of aliphatic hydroxyl groups excluding tert-OH is 1. The van der Waals surface area contributed by atoms with Crippen molar-refractivity contribution in [1.29, 1.82) is 0 Å². The van der Waals surface area contributed by atoms with Gasteiger partial charge in [0.1, 0.15) is 0 Å². The topological polar surface area (TPSA) is 63.9 Å². The Morgan fingerprint density at radius 3 is 2.37 bits per heavy atom. The van der Waals surface area contributed by atoms with Crippen LogP contribution in [0.2, 0.25) is 0 Å². The Bertz CT molecular complexity index is 783. The predicted octanol–water partition coefficient (Wildman–Crippen LogP) is 2.88. The molecule has 2 aromatic rings. The Labute approximate surface area is 158 Å². The molecule has 0 aromatic heterocycles. The smallest absolute Gasteiger partial charge is 0.165 e. The van der Waals surface area contributed by atoms with Gasteiger partial charge in [-0.2, -0.15) is 0 Å². The van der Waals surface area contributed by atoms with Crippen molar-refractivity contribution in [3.8, 4) is 5.75 Å². The fourth-order valence-electron chi connectivity index (χ4n) is 4.91. The minimum Gasteiger partial charge on any atom is -0.505 e. The number of rotatable bonds is 5. The van der Waals surface area contributed by atoms with E-state index in [1.165, 1.54) is 17.7 Å². The number of nitrogens with zero attached hydrogens (tertiary/aromatic N) is 1. The molecule has 4 nitrogen and oxygen atoms in total. The van der Waals surface area contributed by atoms with Crippen molar-refractivity contribution in [3.05, 3.63) is 65.5 Å². The van der Waals surface area contributed by atoms with Gasteiger partial charge in [-0.3, -0.25) is 4.90 Å². The van der Waals surface area contributed by atoms with E-state index in [0.29, 0.717) is 30.4 Å². The van der Waals surface area contributed by atoms with Gasteiger partial charge in [0.25, 0.3) is 0 Å². The van der Waals surface area contributed by atoms with E-state index in [1.807, 2.05) is 18.2 Å². The Hall–Kier alpha value is -1.95. The highest BCUT2D eigenvalue weighted by molar-refractivity contribution is 5.29. The predicted molar refractivity (Wildman–Crippen MR) is 101 cm³/mol. The molecule has 144 valence electrons. The van der Waals surface area contributed by atoms with Gasteiger partial charge in [-0.15, -0.1) is 0 Å². The SMILES string of the molecule is Oc1ccc([C@H](O)CN2CC3CC(O)(Cc4ccccc4)CC3C2)cc1F. The number of benzene rings is 2. The van der Waals surface area contributed by atoms with Crippen molar-refractivity contribution >= 4 is 0 Å². The molecule has 4 rings (SSSR count). The number of likely N-dealkylation sites (tertiary alicyclic amines) is 1. The molecule has 1 heterocycles. The van der Waals surface area contributed by atoms with Crippen LogP contribution in [0.15, 0.2) is 48.5 Å². The molecule has 1 saturated heterocycles. The van der Waals surface area contributed by atoms with Crippen LogP contribution in [0.5, 0.6) is 5.75 Å². The van der Waals surface area contributed by atoms with E-state index < -0.39 is 23.3 Å². The third kappa shape index (κ3) is 4.00. The molecule has 2 aromatic carbocycles. The van der Waals surface area contributed by atoms with Gasteiger partial charge in [0, 0.05) is 26.1 Å². The van der Waals surface area contributed by atoms with Crippen LogP contribution in [0.25, 0.3) is 0 Å². The lowest BCUT2D eigenvalue weighted by Gasteiger charge is -2.27. The highest BCUT2D eigenvalue weighted by Gasteiger charge is 2.48. The highest BCUT2D eigenvalue weighted by Crippen LogP contribution is 2.45. The second-order valence-electron chi connectivity index (χ2n) is 8.26. The van der Waals surface area contributed by atoms with Crippen molar-refractivity contribution < 1.29 is 19.7 Å². The number of fused-ring (bicyclic) bond motifs is 1. The lowest BCUT2D eigenvalue weighted by Crippen LogP contribution is -2.33. The zero-order valence-corrected chi connectivity index (χ0v) is 15.3. The van der Waals surface area contributed by atoms with Crippen molar-refractivity contribution in [2.75, 3.05) is 19.6 Å². The molecule has 1 aliphatic carbocycles. The largest absolute Gasteiger partial charge is 0.505 e. The fraction of sp³-hybridized carbons (Fsp3) is 0.455. The summed E-state index contributed by atoms with van der Waals surface area (Å²) in [4.78, 5) is 2.20. The minimum atomic E-state index is -0.790. The van der Waals surface area contributed by atoms with Gasteiger partial charge in [0.15, 0.2) is 11.6 Å². The number of aliphatic hydroxyl groups is 2. The number of phenolic OH excluding ortho intramolecular Hbond substituents is 1. The van der Waals surface area contributed by atoms with E-state index in [9.17, 15) is 19.7 Å². The summed E-state index contributed by atoms with van der Waals surface area (Å²) in [5.74, 6) is -0.250. The first-order valence-corrected chi connectivity index (χ1v) is 9.57. The number of β-amino-alcohol motifs (C(OH)–C–C–N with tert-alkyl or cyclic N) is 1. The summed E-state index contributed by atoms with van der Waals surface area (Å²) in [6.45, 7) is 2.13. The van der Waals surface area contributed by atoms with Crippen molar-refractivity contribution in [2.45, 2.75) is 31.0 Å². The molecule has 2 fully saturated rings. The Balaban J connectivity index is 1.33. The van der Waals surface area contributed by atoms with E-state index in [2.05, 4.69) is 17.0 Å². The van der Waals surface area contributed by atoms with Crippen molar-refractivity contribution in [2.24, 2.45) is 11.8 Å². The summed E-state index contributed by atoms with van der Waals surface area (Å²) in [5, 5.41) is 30.7. The maximum Gasteiger partial charge on any atom is 0.165 e. The molecular formula is C22H26FNO3. The number of halogens is 1. The number of hydrogen-bond acceptors (Lipinski definition) is 4. The quantitative estimate of drug-likeness (QED) is 0.756. The van der Waals surface area contributed by atoms with Crippen LogP contribution in [0.4, 0.5) is 4.39 Å². The maximum absolute atomic E-state index is 13.5. The molecule has 0 radical (unpaired) electrons. The van der Waals surface area contributed by atoms with Crippen LogP contribution in [-0.4, -0.2) is 45.5 Å². The highest BCUT2D eigenvalue weighted by atomic mass is 19.1. The molecule has 3 atom stereocenters. The van der Waals surface area contributed by atoms with Crippen molar-refractivity contribution in [3.63, 3.8) is 0 Å². The summed E-state index contributed by atoms with van der Waals surface area (Å²) in [7, 11) is 0. The lowest BCUT2D eigenvalue weighted by atomic mass is 9.91. The first-order valence-electron chi connectivity index (χ1n) is 9.57. The van der Waals surface area contributed by atoms with Crippen LogP contribution in [0, 0.1) is 17.7 Å². The Morgan fingerprint density at radius 2 is 1.74 bits per heavy atom. The van der Waals surface area contributed by atoms with Gasteiger partial charge in [-0.05, 0) is 47.9 Å². The van der Waals surface area contributed by atoms with E-state index in [0.717, 1.165) is 25.9 Å². The number of aromatic hydroxyl groups is 1.